The van der Waals surface area contributed by atoms with E-state index in [0.29, 0.717) is 17.5 Å². The Kier molecular flexibility index (Phi) is 6.16. The molecule has 8 heteroatoms. The molecular weight excluding hydrogens is 400 g/mol. The molecular formula is C23H25F2N5O. The van der Waals surface area contributed by atoms with Crippen LogP contribution in [-0.4, -0.2) is 30.2 Å². The number of ether oxygens (including phenoxy) is 1. The molecule has 0 radical (unpaired) electrons. The Bertz CT molecular complexity index is 1070. The average molecular weight is 425 g/mol. The highest BCUT2D eigenvalue weighted by molar-refractivity contribution is 5.66. The van der Waals surface area contributed by atoms with Gasteiger partial charge in [-0.05, 0) is 62.1 Å². The number of anilines is 5. The van der Waals surface area contributed by atoms with Gasteiger partial charge in [0.05, 0.1) is 7.11 Å². The van der Waals surface area contributed by atoms with E-state index < -0.39 is 5.82 Å². The average Bonchev–Trinajstić information content (AvgIpc) is 2.76. The van der Waals surface area contributed by atoms with Gasteiger partial charge in [-0.25, -0.2) is 8.78 Å². The van der Waals surface area contributed by atoms with Gasteiger partial charge in [0.2, 0.25) is 5.95 Å². The highest BCUT2D eigenvalue weighted by Gasteiger charge is 2.16. The molecule has 2 heterocycles. The standard InChI is InChI=1S/C23H25F2N5O/c1-15-12-16(24)6-8-19(15)27-21-14-22(30-10-4-3-5-11-30)29-23(28-21)26-17-7-9-20(31-2)18(25)13-17/h6-9,12-14H,3-5,10-11H2,1-2H3,(H2,26,27,28,29). The van der Waals surface area contributed by atoms with Crippen LogP contribution in [0.4, 0.5) is 37.7 Å². The number of aryl methyl sites for hydroxylation is 1. The third-order valence-corrected chi connectivity index (χ3v) is 5.25. The van der Waals surface area contributed by atoms with Crippen molar-refractivity contribution in [1.29, 1.82) is 0 Å². The Morgan fingerprint density at radius 2 is 1.74 bits per heavy atom. The SMILES string of the molecule is COc1ccc(Nc2nc(Nc3ccc(F)cc3C)cc(N3CCCCC3)n2)cc1F. The van der Waals surface area contributed by atoms with Gasteiger partial charge in [0.25, 0.3) is 0 Å². The number of halogens is 2. The number of nitrogens with zero attached hydrogens (tertiary/aromatic N) is 3. The van der Waals surface area contributed by atoms with Crippen molar-refractivity contribution in [3.05, 3.63) is 59.7 Å². The molecule has 0 saturated carbocycles. The van der Waals surface area contributed by atoms with Gasteiger partial charge in [0.1, 0.15) is 17.5 Å². The summed E-state index contributed by atoms with van der Waals surface area (Å²) >= 11 is 0. The molecule has 1 aliphatic rings. The maximum Gasteiger partial charge on any atom is 0.231 e. The first-order chi connectivity index (χ1) is 15.0. The topological polar surface area (TPSA) is 62.3 Å². The highest BCUT2D eigenvalue weighted by atomic mass is 19.1. The number of rotatable bonds is 6. The highest BCUT2D eigenvalue weighted by Crippen LogP contribution is 2.28. The maximum atomic E-state index is 14.1. The van der Waals surface area contributed by atoms with Crippen molar-refractivity contribution >= 4 is 29.0 Å². The quantitative estimate of drug-likeness (QED) is 0.540. The fraction of sp³-hybridized carbons (Fsp3) is 0.304. The monoisotopic (exact) mass is 425 g/mol. The zero-order valence-corrected chi connectivity index (χ0v) is 17.6. The molecule has 1 saturated heterocycles. The van der Waals surface area contributed by atoms with Crippen molar-refractivity contribution in [3.63, 3.8) is 0 Å². The van der Waals surface area contributed by atoms with E-state index in [2.05, 4.69) is 25.5 Å². The molecule has 0 spiro atoms. The Morgan fingerprint density at radius 3 is 2.45 bits per heavy atom. The van der Waals surface area contributed by atoms with Crippen molar-refractivity contribution in [2.75, 3.05) is 35.7 Å². The Balaban J connectivity index is 1.66. The number of hydrogen-bond donors (Lipinski definition) is 2. The van der Waals surface area contributed by atoms with Crippen LogP contribution in [-0.2, 0) is 0 Å². The number of hydrogen-bond acceptors (Lipinski definition) is 6. The van der Waals surface area contributed by atoms with E-state index in [1.54, 1.807) is 18.2 Å². The van der Waals surface area contributed by atoms with Crippen LogP contribution in [0.25, 0.3) is 0 Å². The van der Waals surface area contributed by atoms with Crippen LogP contribution in [0, 0.1) is 18.6 Å². The van der Waals surface area contributed by atoms with Crippen molar-refractivity contribution < 1.29 is 13.5 Å². The van der Waals surface area contributed by atoms with Gasteiger partial charge in [-0.2, -0.15) is 9.97 Å². The number of piperidine rings is 1. The predicted molar refractivity (Wildman–Crippen MR) is 119 cm³/mol. The zero-order valence-electron chi connectivity index (χ0n) is 17.6. The maximum absolute atomic E-state index is 14.1. The third kappa shape index (κ3) is 5.02. The summed E-state index contributed by atoms with van der Waals surface area (Å²) in [5.74, 6) is 1.11. The van der Waals surface area contributed by atoms with E-state index in [9.17, 15) is 8.78 Å². The molecule has 1 aliphatic heterocycles. The van der Waals surface area contributed by atoms with E-state index in [1.165, 1.54) is 31.7 Å². The second-order valence-corrected chi connectivity index (χ2v) is 7.54. The van der Waals surface area contributed by atoms with Crippen LogP contribution in [0.15, 0.2) is 42.5 Å². The summed E-state index contributed by atoms with van der Waals surface area (Å²) in [6.45, 7) is 3.67. The smallest absolute Gasteiger partial charge is 0.231 e. The molecule has 2 N–H and O–H groups in total. The zero-order chi connectivity index (χ0) is 21.8. The number of benzene rings is 2. The lowest BCUT2D eigenvalue weighted by molar-refractivity contribution is 0.386. The summed E-state index contributed by atoms with van der Waals surface area (Å²) in [5.41, 5.74) is 2.04. The first-order valence-corrected chi connectivity index (χ1v) is 10.3. The summed E-state index contributed by atoms with van der Waals surface area (Å²) in [5, 5.41) is 6.34. The lowest BCUT2D eigenvalue weighted by atomic mass is 10.1. The molecule has 162 valence electrons. The van der Waals surface area contributed by atoms with Crippen LogP contribution < -0.4 is 20.3 Å². The normalized spacial score (nSPS) is 13.7. The molecule has 1 aromatic heterocycles. The first-order valence-electron chi connectivity index (χ1n) is 10.3. The minimum Gasteiger partial charge on any atom is -0.494 e. The predicted octanol–water partition coefficient (Wildman–Crippen LogP) is 5.55. The molecule has 0 bridgehead atoms. The summed E-state index contributed by atoms with van der Waals surface area (Å²) in [6, 6.07) is 11.0. The van der Waals surface area contributed by atoms with Crippen LogP contribution in [0.3, 0.4) is 0 Å². The summed E-state index contributed by atoms with van der Waals surface area (Å²) < 4.78 is 32.6. The van der Waals surface area contributed by atoms with Gasteiger partial charge < -0.3 is 20.3 Å². The number of aromatic nitrogens is 2. The van der Waals surface area contributed by atoms with Gasteiger partial charge in [-0.1, -0.05) is 0 Å². The van der Waals surface area contributed by atoms with Crippen LogP contribution in [0.5, 0.6) is 5.75 Å². The summed E-state index contributed by atoms with van der Waals surface area (Å²) in [4.78, 5) is 11.4. The minimum absolute atomic E-state index is 0.169. The van der Waals surface area contributed by atoms with Gasteiger partial charge in [-0.15, -0.1) is 0 Å². The molecule has 3 aromatic rings. The molecule has 0 amide bonds. The molecule has 6 nitrogen and oxygen atoms in total. The molecule has 4 rings (SSSR count). The summed E-state index contributed by atoms with van der Waals surface area (Å²) in [6.07, 6.45) is 3.42. The molecule has 0 aliphatic carbocycles. The van der Waals surface area contributed by atoms with E-state index >= 15 is 0 Å². The van der Waals surface area contributed by atoms with Crippen molar-refractivity contribution in [3.8, 4) is 5.75 Å². The Hall–Kier alpha value is -3.42. The van der Waals surface area contributed by atoms with Gasteiger partial charge in [-0.3, -0.25) is 0 Å². The van der Waals surface area contributed by atoms with Crippen LogP contribution >= 0.6 is 0 Å². The molecule has 0 atom stereocenters. The van der Waals surface area contributed by atoms with E-state index in [1.807, 2.05) is 13.0 Å². The second-order valence-electron chi connectivity index (χ2n) is 7.54. The molecule has 2 aromatic carbocycles. The second kappa shape index (κ2) is 9.16. The fourth-order valence-electron chi connectivity index (χ4n) is 3.62. The number of methoxy groups -OCH3 is 1. The van der Waals surface area contributed by atoms with Crippen molar-refractivity contribution in [2.45, 2.75) is 26.2 Å². The molecule has 0 unspecified atom stereocenters. The molecule has 1 fully saturated rings. The largest absolute Gasteiger partial charge is 0.494 e. The van der Waals surface area contributed by atoms with Gasteiger partial charge >= 0.3 is 0 Å². The summed E-state index contributed by atoms with van der Waals surface area (Å²) in [7, 11) is 1.42. The van der Waals surface area contributed by atoms with Crippen LogP contribution in [0.2, 0.25) is 0 Å². The van der Waals surface area contributed by atoms with Gasteiger partial charge in [0.15, 0.2) is 11.6 Å². The minimum atomic E-state index is -0.472. The third-order valence-electron chi connectivity index (χ3n) is 5.25. The Morgan fingerprint density at radius 1 is 0.935 bits per heavy atom. The number of nitrogens with one attached hydrogen (secondary N) is 2. The lowest BCUT2D eigenvalue weighted by Gasteiger charge is -2.28. The molecule has 31 heavy (non-hydrogen) atoms. The van der Waals surface area contributed by atoms with E-state index in [0.717, 1.165) is 43.0 Å². The van der Waals surface area contributed by atoms with Crippen molar-refractivity contribution in [1.82, 2.24) is 9.97 Å². The first kappa shape index (κ1) is 20.8. The van der Waals surface area contributed by atoms with Crippen LogP contribution in [0.1, 0.15) is 24.8 Å². The Labute approximate surface area is 180 Å². The van der Waals surface area contributed by atoms with E-state index in [-0.39, 0.29) is 11.6 Å². The fourth-order valence-corrected chi connectivity index (χ4v) is 3.62. The van der Waals surface area contributed by atoms with Gasteiger partial charge in [0, 0.05) is 36.6 Å². The van der Waals surface area contributed by atoms with Crippen molar-refractivity contribution in [2.24, 2.45) is 0 Å². The lowest BCUT2D eigenvalue weighted by Crippen LogP contribution is -2.30. The van der Waals surface area contributed by atoms with E-state index in [4.69, 9.17) is 4.74 Å².